The van der Waals surface area contributed by atoms with Crippen LogP contribution in [0, 0.1) is 0 Å². The second kappa shape index (κ2) is 12.1. The Labute approximate surface area is 309 Å². The molecule has 11 rings (SSSR count). The van der Waals surface area contributed by atoms with E-state index in [1.807, 2.05) is 60.7 Å². The van der Waals surface area contributed by atoms with Crippen molar-refractivity contribution in [1.29, 1.82) is 0 Å². The average molecular weight is 693 g/mol. The van der Waals surface area contributed by atoms with E-state index in [-0.39, 0.29) is 0 Å². The van der Waals surface area contributed by atoms with Gasteiger partial charge in [-0.15, -0.1) is 0 Å². The van der Waals surface area contributed by atoms with Crippen LogP contribution in [0.4, 0.5) is 0 Å². The number of rotatable bonds is 5. The van der Waals surface area contributed by atoms with Gasteiger partial charge in [-0.1, -0.05) is 127 Å². The van der Waals surface area contributed by atoms with Gasteiger partial charge in [-0.3, -0.25) is 0 Å². The van der Waals surface area contributed by atoms with Gasteiger partial charge in [0.25, 0.3) is 0 Å². The number of fused-ring (bicyclic) bond motifs is 8. The van der Waals surface area contributed by atoms with Crippen LogP contribution in [0.3, 0.4) is 0 Å². The molecule has 3 heterocycles. The van der Waals surface area contributed by atoms with E-state index >= 15 is 0 Å². The molecule has 252 valence electrons. The second-order valence-electron chi connectivity index (χ2n) is 13.4. The maximum absolute atomic E-state index is 6.50. The van der Waals surface area contributed by atoms with Gasteiger partial charge < -0.3 is 8.83 Å². The molecule has 0 aliphatic heterocycles. The Morgan fingerprint density at radius 2 is 0.944 bits per heavy atom. The molecule has 0 aliphatic carbocycles. The third-order valence-electron chi connectivity index (χ3n) is 10.1. The number of aromatic nitrogens is 4. The summed E-state index contributed by atoms with van der Waals surface area (Å²) in [7, 11) is 0. The van der Waals surface area contributed by atoms with Crippen LogP contribution < -0.4 is 0 Å². The molecular weight excluding hydrogens is 665 g/mol. The molecule has 0 radical (unpaired) electrons. The van der Waals surface area contributed by atoms with Gasteiger partial charge in [0.2, 0.25) is 5.89 Å². The van der Waals surface area contributed by atoms with Crippen LogP contribution in [0.2, 0.25) is 0 Å². The number of nitrogens with zero attached hydrogens (tertiary/aromatic N) is 4. The number of oxazole rings is 1. The van der Waals surface area contributed by atoms with Crippen LogP contribution in [0.1, 0.15) is 0 Å². The smallest absolute Gasteiger partial charge is 0.227 e. The van der Waals surface area contributed by atoms with E-state index in [1.165, 1.54) is 0 Å². The van der Waals surface area contributed by atoms with E-state index in [0.717, 1.165) is 82.4 Å². The Kier molecular flexibility index (Phi) is 6.75. The Hall–Kier alpha value is -7.44. The summed E-state index contributed by atoms with van der Waals surface area (Å²) >= 11 is 0. The molecule has 8 aromatic carbocycles. The maximum atomic E-state index is 6.50. The van der Waals surface area contributed by atoms with Crippen molar-refractivity contribution in [3.63, 3.8) is 0 Å². The highest BCUT2D eigenvalue weighted by Gasteiger charge is 2.20. The van der Waals surface area contributed by atoms with Crippen molar-refractivity contribution in [2.45, 2.75) is 0 Å². The molecule has 0 amide bonds. The molecular formula is C48H28N4O2. The minimum absolute atomic E-state index is 0.572. The molecule has 3 aromatic heterocycles. The zero-order chi connectivity index (χ0) is 35.6. The summed E-state index contributed by atoms with van der Waals surface area (Å²) in [4.78, 5) is 20.4. The zero-order valence-corrected chi connectivity index (χ0v) is 28.8. The molecule has 0 saturated heterocycles. The fourth-order valence-corrected chi connectivity index (χ4v) is 7.53. The topological polar surface area (TPSA) is 77.8 Å². The average Bonchev–Trinajstić information content (AvgIpc) is 3.86. The first-order valence-electron chi connectivity index (χ1n) is 17.9. The molecule has 0 unspecified atom stereocenters. The number of furan rings is 1. The van der Waals surface area contributed by atoms with Crippen LogP contribution in [0.25, 0.3) is 111 Å². The summed E-state index contributed by atoms with van der Waals surface area (Å²) in [6, 6.07) is 57.7. The standard InChI is InChI=1S/C48H28N4O2/c1-3-12-30(13-4-1)36-17-9-10-18-37(36)47-51-45(34-21-19-29-11-7-8-16-33(29)27-34)50-46(52-47)35-22-20-31-23-25-40-42(38(31)28-35)43-41(53-40)26-24-39-44(43)54-48(49-39)32-14-5-2-6-15-32/h1-28H. The lowest BCUT2D eigenvalue weighted by atomic mass is 9.99. The molecule has 0 saturated carbocycles. The Bertz CT molecular complexity index is 3220. The predicted octanol–water partition coefficient (Wildman–Crippen LogP) is 12.6. The highest BCUT2D eigenvalue weighted by Crippen LogP contribution is 2.41. The van der Waals surface area contributed by atoms with Gasteiger partial charge in [0, 0.05) is 27.6 Å². The fraction of sp³-hybridized carbons (Fsp3) is 0. The second-order valence-corrected chi connectivity index (χ2v) is 13.4. The van der Waals surface area contributed by atoms with Crippen LogP contribution in [-0.4, -0.2) is 19.9 Å². The lowest BCUT2D eigenvalue weighted by molar-refractivity contribution is 0.622. The normalized spacial score (nSPS) is 11.7. The molecule has 0 aliphatic rings. The van der Waals surface area contributed by atoms with Crippen molar-refractivity contribution in [3.05, 3.63) is 170 Å². The SMILES string of the molecule is c1ccc(-c2nc3ccc4oc5ccc6ccc(-c7nc(-c8ccc9ccccc9c8)nc(-c8ccccc8-c8ccccc8)n7)cc6c5c4c3o2)cc1. The quantitative estimate of drug-likeness (QED) is 0.179. The van der Waals surface area contributed by atoms with Crippen molar-refractivity contribution >= 4 is 54.6 Å². The lowest BCUT2D eigenvalue weighted by Crippen LogP contribution is -2.01. The van der Waals surface area contributed by atoms with E-state index in [9.17, 15) is 0 Å². The molecule has 0 atom stereocenters. The molecule has 0 bridgehead atoms. The highest BCUT2D eigenvalue weighted by molar-refractivity contribution is 6.25. The number of hydrogen-bond acceptors (Lipinski definition) is 6. The van der Waals surface area contributed by atoms with E-state index in [4.69, 9.17) is 28.8 Å². The van der Waals surface area contributed by atoms with Gasteiger partial charge in [0.1, 0.15) is 16.7 Å². The van der Waals surface area contributed by atoms with Crippen LogP contribution in [-0.2, 0) is 0 Å². The van der Waals surface area contributed by atoms with E-state index < -0.39 is 0 Å². The summed E-state index contributed by atoms with van der Waals surface area (Å²) < 4.78 is 12.9. The molecule has 0 fully saturated rings. The van der Waals surface area contributed by atoms with Crippen molar-refractivity contribution in [3.8, 4) is 56.7 Å². The van der Waals surface area contributed by atoms with Crippen molar-refractivity contribution in [1.82, 2.24) is 19.9 Å². The molecule has 6 nitrogen and oxygen atoms in total. The van der Waals surface area contributed by atoms with Crippen LogP contribution in [0.5, 0.6) is 0 Å². The Morgan fingerprint density at radius 3 is 1.74 bits per heavy atom. The minimum atomic E-state index is 0.572. The number of benzene rings is 8. The minimum Gasteiger partial charge on any atom is -0.456 e. The van der Waals surface area contributed by atoms with E-state index in [1.54, 1.807) is 0 Å². The zero-order valence-electron chi connectivity index (χ0n) is 28.8. The van der Waals surface area contributed by atoms with Gasteiger partial charge in [-0.25, -0.2) is 19.9 Å². The largest absolute Gasteiger partial charge is 0.456 e. The summed E-state index contributed by atoms with van der Waals surface area (Å²) in [6.07, 6.45) is 0. The molecule has 6 heteroatoms. The van der Waals surface area contributed by atoms with Crippen molar-refractivity contribution in [2.75, 3.05) is 0 Å². The monoisotopic (exact) mass is 692 g/mol. The predicted molar refractivity (Wildman–Crippen MR) is 217 cm³/mol. The molecule has 11 aromatic rings. The van der Waals surface area contributed by atoms with Gasteiger partial charge >= 0.3 is 0 Å². The summed E-state index contributed by atoms with van der Waals surface area (Å²) in [5.41, 5.74) is 8.76. The third kappa shape index (κ3) is 4.96. The van der Waals surface area contributed by atoms with E-state index in [0.29, 0.717) is 28.9 Å². The van der Waals surface area contributed by atoms with Crippen LogP contribution in [0.15, 0.2) is 179 Å². The first-order valence-corrected chi connectivity index (χ1v) is 17.9. The summed E-state index contributed by atoms with van der Waals surface area (Å²) in [5, 5.41) is 6.21. The third-order valence-corrected chi connectivity index (χ3v) is 10.1. The molecule has 0 N–H and O–H groups in total. The first-order chi connectivity index (χ1) is 26.7. The highest BCUT2D eigenvalue weighted by atomic mass is 16.4. The molecule has 54 heavy (non-hydrogen) atoms. The van der Waals surface area contributed by atoms with Crippen molar-refractivity contribution < 1.29 is 8.83 Å². The number of hydrogen-bond donors (Lipinski definition) is 0. The van der Waals surface area contributed by atoms with Crippen LogP contribution >= 0.6 is 0 Å². The van der Waals surface area contributed by atoms with Gasteiger partial charge in [0.05, 0.1) is 5.39 Å². The summed E-state index contributed by atoms with van der Waals surface area (Å²) in [5.74, 6) is 2.36. The van der Waals surface area contributed by atoms with Gasteiger partial charge in [-0.2, -0.15) is 0 Å². The fourth-order valence-electron chi connectivity index (χ4n) is 7.53. The lowest BCUT2D eigenvalue weighted by Gasteiger charge is -2.12. The van der Waals surface area contributed by atoms with E-state index in [2.05, 4.69) is 109 Å². The summed E-state index contributed by atoms with van der Waals surface area (Å²) in [6.45, 7) is 0. The molecule has 0 spiro atoms. The van der Waals surface area contributed by atoms with Gasteiger partial charge in [-0.05, 0) is 75.1 Å². The van der Waals surface area contributed by atoms with Gasteiger partial charge in [0.15, 0.2) is 23.1 Å². The maximum Gasteiger partial charge on any atom is 0.227 e. The first kappa shape index (κ1) is 30.2. The van der Waals surface area contributed by atoms with Crippen molar-refractivity contribution in [2.24, 2.45) is 0 Å². The Balaban J connectivity index is 1.15. The Morgan fingerprint density at radius 1 is 0.352 bits per heavy atom.